The van der Waals surface area contributed by atoms with Gasteiger partial charge in [-0.1, -0.05) is 18.2 Å². The normalized spacial score (nSPS) is 9.93. The second-order valence-electron chi connectivity index (χ2n) is 2.87. The van der Waals surface area contributed by atoms with Crippen LogP contribution in [0.1, 0.15) is 5.82 Å². The van der Waals surface area contributed by atoms with Crippen LogP contribution < -0.4 is 10.1 Å². The van der Waals surface area contributed by atoms with E-state index in [1.807, 2.05) is 37.4 Å². The molecule has 0 atom stereocenters. The molecular formula is C10H11N3OS. The number of nitrogens with one attached hydrogen (secondary N) is 1. The van der Waals surface area contributed by atoms with Gasteiger partial charge in [0.25, 0.3) is 0 Å². The summed E-state index contributed by atoms with van der Waals surface area (Å²) in [5.74, 6) is 1.53. The van der Waals surface area contributed by atoms with E-state index in [1.54, 1.807) is 0 Å². The van der Waals surface area contributed by atoms with Crippen LogP contribution in [0.5, 0.6) is 5.75 Å². The summed E-state index contributed by atoms with van der Waals surface area (Å²) >= 11 is 1.33. The average Bonchev–Trinajstić information content (AvgIpc) is 2.76. The maximum Gasteiger partial charge on any atom is 0.202 e. The third-order valence-corrected chi connectivity index (χ3v) is 2.56. The van der Waals surface area contributed by atoms with Crippen molar-refractivity contribution in [1.82, 2.24) is 9.36 Å². The SMILES string of the molecule is CNc1nc(COc2ccccc2)ns1. The fraction of sp³-hybridized carbons (Fsp3) is 0.200. The molecule has 0 saturated heterocycles. The second-order valence-corrected chi connectivity index (χ2v) is 3.62. The molecule has 0 spiro atoms. The van der Waals surface area contributed by atoms with E-state index in [2.05, 4.69) is 14.7 Å². The van der Waals surface area contributed by atoms with Gasteiger partial charge in [0.05, 0.1) is 0 Å². The van der Waals surface area contributed by atoms with E-state index in [0.717, 1.165) is 10.9 Å². The molecule has 4 nitrogen and oxygen atoms in total. The summed E-state index contributed by atoms with van der Waals surface area (Å²) in [6.07, 6.45) is 0. The van der Waals surface area contributed by atoms with Crippen LogP contribution in [0.3, 0.4) is 0 Å². The number of rotatable bonds is 4. The molecule has 0 aliphatic carbocycles. The quantitative estimate of drug-likeness (QED) is 0.859. The first-order valence-electron chi connectivity index (χ1n) is 4.56. The highest BCUT2D eigenvalue weighted by Gasteiger charge is 2.02. The van der Waals surface area contributed by atoms with Crippen molar-refractivity contribution in [2.45, 2.75) is 6.61 Å². The molecule has 5 heteroatoms. The zero-order valence-electron chi connectivity index (χ0n) is 8.30. The lowest BCUT2D eigenvalue weighted by molar-refractivity contribution is 0.297. The number of aromatic nitrogens is 2. The summed E-state index contributed by atoms with van der Waals surface area (Å²) in [5.41, 5.74) is 0. The largest absolute Gasteiger partial charge is 0.486 e. The summed E-state index contributed by atoms with van der Waals surface area (Å²) in [5, 5.41) is 3.74. The second kappa shape index (κ2) is 4.75. The van der Waals surface area contributed by atoms with Crippen LogP contribution in [0, 0.1) is 0 Å². The van der Waals surface area contributed by atoms with E-state index in [4.69, 9.17) is 4.74 Å². The van der Waals surface area contributed by atoms with Crippen LogP contribution in [0.15, 0.2) is 30.3 Å². The van der Waals surface area contributed by atoms with Crippen molar-refractivity contribution in [3.05, 3.63) is 36.2 Å². The summed E-state index contributed by atoms with van der Waals surface area (Å²) in [6, 6.07) is 9.63. The molecule has 2 aromatic rings. The van der Waals surface area contributed by atoms with Gasteiger partial charge in [-0.25, -0.2) is 0 Å². The molecule has 0 fully saturated rings. The molecule has 0 amide bonds. The maximum absolute atomic E-state index is 5.50. The fourth-order valence-corrected chi connectivity index (χ4v) is 1.60. The summed E-state index contributed by atoms with van der Waals surface area (Å²) < 4.78 is 9.65. The molecule has 1 heterocycles. The Hall–Kier alpha value is -1.62. The summed E-state index contributed by atoms with van der Waals surface area (Å²) in [6.45, 7) is 0.405. The molecule has 0 radical (unpaired) electrons. The molecule has 1 N–H and O–H groups in total. The Morgan fingerprint density at radius 2 is 2.13 bits per heavy atom. The molecule has 2 rings (SSSR count). The Balaban J connectivity index is 1.93. The van der Waals surface area contributed by atoms with Crippen molar-refractivity contribution in [3.8, 4) is 5.75 Å². The average molecular weight is 221 g/mol. The molecule has 1 aromatic heterocycles. The molecule has 0 aliphatic heterocycles. The molecule has 15 heavy (non-hydrogen) atoms. The highest BCUT2D eigenvalue weighted by atomic mass is 32.1. The Kier molecular flexibility index (Phi) is 3.14. The van der Waals surface area contributed by atoms with E-state index in [-0.39, 0.29) is 0 Å². The molecule has 0 unspecified atom stereocenters. The van der Waals surface area contributed by atoms with Gasteiger partial charge in [-0.3, -0.25) is 0 Å². The van der Waals surface area contributed by atoms with Gasteiger partial charge in [0.1, 0.15) is 12.4 Å². The Morgan fingerprint density at radius 3 is 2.80 bits per heavy atom. The maximum atomic E-state index is 5.50. The van der Waals surface area contributed by atoms with Crippen LogP contribution in [0.4, 0.5) is 5.13 Å². The van der Waals surface area contributed by atoms with Crippen molar-refractivity contribution in [3.63, 3.8) is 0 Å². The van der Waals surface area contributed by atoms with E-state index < -0.39 is 0 Å². The van der Waals surface area contributed by atoms with Crippen molar-refractivity contribution < 1.29 is 4.74 Å². The Morgan fingerprint density at radius 1 is 1.33 bits per heavy atom. The minimum absolute atomic E-state index is 0.405. The van der Waals surface area contributed by atoms with Gasteiger partial charge >= 0.3 is 0 Å². The van der Waals surface area contributed by atoms with E-state index in [9.17, 15) is 0 Å². The monoisotopic (exact) mass is 221 g/mol. The van der Waals surface area contributed by atoms with Gasteiger partial charge < -0.3 is 10.1 Å². The highest BCUT2D eigenvalue weighted by Crippen LogP contribution is 2.13. The predicted molar refractivity (Wildman–Crippen MR) is 60.2 cm³/mol. The number of ether oxygens (including phenoxy) is 1. The van der Waals surface area contributed by atoms with Gasteiger partial charge in [-0.05, 0) is 12.1 Å². The number of benzene rings is 1. The third-order valence-electron chi connectivity index (χ3n) is 1.79. The van der Waals surface area contributed by atoms with Gasteiger partial charge in [0, 0.05) is 18.6 Å². The first-order valence-corrected chi connectivity index (χ1v) is 5.34. The third kappa shape index (κ3) is 2.66. The van der Waals surface area contributed by atoms with Crippen molar-refractivity contribution in [1.29, 1.82) is 0 Å². The zero-order valence-corrected chi connectivity index (χ0v) is 9.12. The van der Waals surface area contributed by atoms with Crippen molar-refractivity contribution >= 4 is 16.7 Å². The molecule has 1 aromatic carbocycles. The topological polar surface area (TPSA) is 47.0 Å². The van der Waals surface area contributed by atoms with Crippen molar-refractivity contribution in [2.75, 3.05) is 12.4 Å². The lowest BCUT2D eigenvalue weighted by atomic mass is 10.3. The van der Waals surface area contributed by atoms with Gasteiger partial charge in [-0.2, -0.15) is 9.36 Å². The summed E-state index contributed by atoms with van der Waals surface area (Å²) in [4.78, 5) is 4.22. The molecular weight excluding hydrogens is 210 g/mol. The summed E-state index contributed by atoms with van der Waals surface area (Å²) in [7, 11) is 1.82. The van der Waals surface area contributed by atoms with Gasteiger partial charge in [0.15, 0.2) is 5.82 Å². The molecule has 78 valence electrons. The number of anilines is 1. The molecule has 0 bridgehead atoms. The Bertz CT molecular complexity index is 416. The predicted octanol–water partition coefficient (Wildman–Crippen LogP) is 2.16. The smallest absolute Gasteiger partial charge is 0.202 e. The van der Waals surface area contributed by atoms with Crippen LogP contribution in [0.25, 0.3) is 0 Å². The van der Waals surface area contributed by atoms with Crippen LogP contribution in [-0.2, 0) is 6.61 Å². The number of nitrogens with zero attached hydrogens (tertiary/aromatic N) is 2. The lowest BCUT2D eigenvalue weighted by Gasteiger charge is -2.01. The zero-order chi connectivity index (χ0) is 10.5. The van der Waals surface area contributed by atoms with Crippen LogP contribution in [0.2, 0.25) is 0 Å². The van der Waals surface area contributed by atoms with E-state index in [1.165, 1.54) is 11.5 Å². The first-order chi connectivity index (χ1) is 7.38. The number of para-hydroxylation sites is 1. The Labute approximate surface area is 92.1 Å². The van der Waals surface area contributed by atoms with Gasteiger partial charge in [-0.15, -0.1) is 0 Å². The first kappa shape index (κ1) is 9.92. The lowest BCUT2D eigenvalue weighted by Crippen LogP contribution is -1.97. The minimum Gasteiger partial charge on any atom is -0.486 e. The van der Waals surface area contributed by atoms with Gasteiger partial charge in [0.2, 0.25) is 5.13 Å². The standard InChI is InChI=1S/C10H11N3OS/c1-11-10-12-9(13-15-10)7-14-8-5-3-2-4-6-8/h2-6H,7H2,1H3,(H,11,12,13). The molecule has 0 aliphatic rings. The fourth-order valence-electron chi connectivity index (χ4n) is 1.08. The number of hydrogen-bond acceptors (Lipinski definition) is 5. The highest BCUT2D eigenvalue weighted by molar-refractivity contribution is 7.09. The van der Waals surface area contributed by atoms with E-state index in [0.29, 0.717) is 12.4 Å². The molecule has 0 saturated carbocycles. The van der Waals surface area contributed by atoms with E-state index >= 15 is 0 Å². The number of hydrogen-bond donors (Lipinski definition) is 1. The van der Waals surface area contributed by atoms with Crippen LogP contribution >= 0.6 is 11.5 Å². The van der Waals surface area contributed by atoms with Crippen LogP contribution in [-0.4, -0.2) is 16.4 Å². The van der Waals surface area contributed by atoms with Crippen molar-refractivity contribution in [2.24, 2.45) is 0 Å². The minimum atomic E-state index is 0.405.